The molecular weight excluding hydrogens is 250 g/mol. The Morgan fingerprint density at radius 1 is 1.33 bits per heavy atom. The molecule has 1 aliphatic carbocycles. The maximum absolute atomic E-state index is 12.1. The van der Waals surface area contributed by atoms with Crippen LogP contribution >= 0.6 is 0 Å². The van der Waals surface area contributed by atoms with Crippen LogP contribution in [0.3, 0.4) is 0 Å². The monoisotopic (exact) mass is 277 g/mol. The largest absolute Gasteiger partial charge is 0.396 e. The number of aliphatic hydroxyl groups is 1. The van der Waals surface area contributed by atoms with Crippen LogP contribution in [-0.2, 0) is 9.84 Å². The molecule has 0 saturated heterocycles. The molecule has 0 radical (unpaired) electrons. The molecular formula is C13H27NO3S. The standard InChI is InChI=1S/C13H27NO3S/c1-2-8-14-13(7-9-15)11-18(16,17)10-12-5-3-4-6-12/h12-15H,2-11H2,1H3. The highest BCUT2D eigenvalue weighted by Crippen LogP contribution is 2.26. The van der Waals surface area contributed by atoms with Crippen molar-refractivity contribution >= 4 is 9.84 Å². The molecule has 1 unspecified atom stereocenters. The number of sulfone groups is 1. The van der Waals surface area contributed by atoms with Crippen molar-refractivity contribution in [2.45, 2.75) is 51.5 Å². The van der Waals surface area contributed by atoms with Gasteiger partial charge in [-0.1, -0.05) is 19.8 Å². The summed E-state index contributed by atoms with van der Waals surface area (Å²) in [6.45, 7) is 2.90. The quantitative estimate of drug-likeness (QED) is 0.667. The summed E-state index contributed by atoms with van der Waals surface area (Å²) in [6, 6.07) is -0.0960. The molecule has 108 valence electrons. The molecule has 0 amide bonds. The minimum atomic E-state index is -2.99. The highest BCUT2D eigenvalue weighted by molar-refractivity contribution is 7.91. The SMILES string of the molecule is CCCNC(CCO)CS(=O)(=O)CC1CCCC1. The first-order valence-electron chi connectivity index (χ1n) is 7.12. The van der Waals surface area contributed by atoms with Crippen LogP contribution in [-0.4, -0.2) is 44.2 Å². The molecule has 1 aliphatic rings. The summed E-state index contributed by atoms with van der Waals surface area (Å²) in [5.74, 6) is 0.878. The zero-order valence-corrected chi connectivity index (χ0v) is 12.2. The molecule has 0 aromatic rings. The fourth-order valence-electron chi connectivity index (χ4n) is 2.66. The van der Waals surface area contributed by atoms with E-state index in [2.05, 4.69) is 12.2 Å². The van der Waals surface area contributed by atoms with Crippen molar-refractivity contribution < 1.29 is 13.5 Å². The van der Waals surface area contributed by atoms with Gasteiger partial charge in [0.2, 0.25) is 0 Å². The van der Waals surface area contributed by atoms with E-state index in [-0.39, 0.29) is 18.4 Å². The Morgan fingerprint density at radius 2 is 2.00 bits per heavy atom. The second-order valence-corrected chi connectivity index (χ2v) is 7.54. The Bertz CT molecular complexity index is 310. The molecule has 4 nitrogen and oxygen atoms in total. The Hall–Kier alpha value is -0.130. The van der Waals surface area contributed by atoms with Gasteiger partial charge in [0, 0.05) is 12.6 Å². The zero-order valence-electron chi connectivity index (χ0n) is 11.4. The van der Waals surface area contributed by atoms with Gasteiger partial charge in [-0.25, -0.2) is 8.42 Å². The van der Waals surface area contributed by atoms with Crippen LogP contribution in [0.1, 0.15) is 45.4 Å². The summed E-state index contributed by atoms with van der Waals surface area (Å²) < 4.78 is 24.2. The van der Waals surface area contributed by atoms with Gasteiger partial charge >= 0.3 is 0 Å². The fourth-order valence-corrected chi connectivity index (χ4v) is 4.74. The first-order chi connectivity index (χ1) is 8.57. The maximum Gasteiger partial charge on any atom is 0.152 e. The van der Waals surface area contributed by atoms with E-state index in [9.17, 15) is 8.42 Å². The van der Waals surface area contributed by atoms with Crippen LogP contribution < -0.4 is 5.32 Å². The molecule has 5 heteroatoms. The maximum atomic E-state index is 12.1. The van der Waals surface area contributed by atoms with Crippen LogP contribution in [0.15, 0.2) is 0 Å². The van der Waals surface area contributed by atoms with Crippen molar-refractivity contribution in [3.05, 3.63) is 0 Å². The summed E-state index contributed by atoms with van der Waals surface area (Å²) in [5.41, 5.74) is 0. The lowest BCUT2D eigenvalue weighted by Gasteiger charge is -2.18. The molecule has 2 N–H and O–H groups in total. The Labute approximate surface area is 111 Å². The van der Waals surface area contributed by atoms with E-state index in [4.69, 9.17) is 5.11 Å². The van der Waals surface area contributed by atoms with Gasteiger partial charge in [-0.2, -0.15) is 0 Å². The predicted molar refractivity (Wildman–Crippen MR) is 74.4 cm³/mol. The van der Waals surface area contributed by atoms with E-state index in [0.29, 0.717) is 18.1 Å². The summed E-state index contributed by atoms with van der Waals surface area (Å²) in [5, 5.41) is 12.2. The predicted octanol–water partition coefficient (Wildman–Crippen LogP) is 1.34. The van der Waals surface area contributed by atoms with Crippen molar-refractivity contribution in [1.29, 1.82) is 0 Å². The Balaban J connectivity index is 2.43. The van der Waals surface area contributed by atoms with Gasteiger partial charge in [-0.15, -0.1) is 0 Å². The third-order valence-electron chi connectivity index (χ3n) is 3.58. The zero-order chi connectivity index (χ0) is 13.4. The molecule has 0 heterocycles. The van der Waals surface area contributed by atoms with Crippen molar-refractivity contribution in [3.63, 3.8) is 0 Å². The molecule has 0 aromatic carbocycles. The van der Waals surface area contributed by atoms with Gasteiger partial charge in [-0.05, 0) is 38.1 Å². The van der Waals surface area contributed by atoms with Gasteiger partial charge in [0.05, 0.1) is 11.5 Å². The molecule has 1 fully saturated rings. The highest BCUT2D eigenvalue weighted by Gasteiger charge is 2.25. The Kier molecular flexibility index (Phi) is 7.19. The summed E-state index contributed by atoms with van der Waals surface area (Å²) in [6.07, 6.45) is 5.97. The van der Waals surface area contributed by atoms with Gasteiger partial charge in [-0.3, -0.25) is 0 Å². The number of aliphatic hydroxyl groups excluding tert-OH is 1. The molecule has 1 saturated carbocycles. The Morgan fingerprint density at radius 3 is 2.56 bits per heavy atom. The number of hydrogen-bond acceptors (Lipinski definition) is 4. The lowest BCUT2D eigenvalue weighted by atomic mass is 10.1. The summed E-state index contributed by atoms with van der Waals surface area (Å²) in [7, 11) is -2.99. The van der Waals surface area contributed by atoms with Crippen LogP contribution in [0.4, 0.5) is 0 Å². The van der Waals surface area contributed by atoms with E-state index >= 15 is 0 Å². The lowest BCUT2D eigenvalue weighted by Crippen LogP contribution is -2.38. The second-order valence-electron chi connectivity index (χ2n) is 5.39. The van der Waals surface area contributed by atoms with Gasteiger partial charge < -0.3 is 10.4 Å². The van der Waals surface area contributed by atoms with Crippen LogP contribution in [0, 0.1) is 5.92 Å². The molecule has 1 atom stereocenters. The fraction of sp³-hybridized carbons (Fsp3) is 1.00. The first kappa shape index (κ1) is 15.9. The average molecular weight is 277 g/mol. The summed E-state index contributed by atoms with van der Waals surface area (Å²) in [4.78, 5) is 0. The summed E-state index contributed by atoms with van der Waals surface area (Å²) >= 11 is 0. The molecule has 0 aromatic heterocycles. The number of nitrogens with one attached hydrogen (secondary N) is 1. The minimum Gasteiger partial charge on any atom is -0.396 e. The van der Waals surface area contributed by atoms with Crippen molar-refractivity contribution in [3.8, 4) is 0 Å². The number of rotatable bonds is 9. The highest BCUT2D eigenvalue weighted by atomic mass is 32.2. The normalized spacial score (nSPS) is 19.2. The number of hydrogen-bond donors (Lipinski definition) is 2. The average Bonchev–Trinajstić information content (AvgIpc) is 2.77. The van der Waals surface area contributed by atoms with Gasteiger partial charge in [0.1, 0.15) is 0 Å². The first-order valence-corrected chi connectivity index (χ1v) is 8.94. The topological polar surface area (TPSA) is 66.4 Å². The van der Waals surface area contributed by atoms with Gasteiger partial charge in [0.15, 0.2) is 9.84 Å². The van der Waals surface area contributed by atoms with Crippen molar-refractivity contribution in [2.24, 2.45) is 5.92 Å². The molecule has 0 bridgehead atoms. The van der Waals surface area contributed by atoms with E-state index in [1.54, 1.807) is 0 Å². The second kappa shape index (κ2) is 8.12. The smallest absolute Gasteiger partial charge is 0.152 e. The van der Waals surface area contributed by atoms with E-state index in [1.807, 2.05) is 0 Å². The van der Waals surface area contributed by atoms with Crippen molar-refractivity contribution in [2.75, 3.05) is 24.7 Å². The third-order valence-corrected chi connectivity index (χ3v) is 5.47. The van der Waals surface area contributed by atoms with Crippen molar-refractivity contribution in [1.82, 2.24) is 5.32 Å². The minimum absolute atomic E-state index is 0.0420. The molecule has 0 aliphatic heterocycles. The lowest BCUT2D eigenvalue weighted by molar-refractivity contribution is 0.269. The van der Waals surface area contributed by atoms with E-state index in [1.165, 1.54) is 12.8 Å². The van der Waals surface area contributed by atoms with Gasteiger partial charge in [0.25, 0.3) is 0 Å². The van der Waals surface area contributed by atoms with Crippen LogP contribution in [0.25, 0.3) is 0 Å². The van der Waals surface area contributed by atoms with E-state index < -0.39 is 9.84 Å². The molecule has 18 heavy (non-hydrogen) atoms. The van der Waals surface area contributed by atoms with E-state index in [0.717, 1.165) is 25.8 Å². The van der Waals surface area contributed by atoms with Crippen LogP contribution in [0.5, 0.6) is 0 Å². The third kappa shape index (κ3) is 6.16. The molecule has 0 spiro atoms. The van der Waals surface area contributed by atoms with Crippen LogP contribution in [0.2, 0.25) is 0 Å². The molecule has 1 rings (SSSR count).